The Balaban J connectivity index is 2.60. The number of benzene rings is 2. The van der Waals surface area contributed by atoms with Gasteiger partial charge in [0.2, 0.25) is 0 Å². The van der Waals surface area contributed by atoms with E-state index >= 15 is 0 Å². The first-order valence-electron chi connectivity index (χ1n) is 8.26. The van der Waals surface area contributed by atoms with Crippen molar-refractivity contribution in [1.29, 1.82) is 0 Å². The predicted octanol–water partition coefficient (Wildman–Crippen LogP) is 3.83. The molecule has 0 fully saturated rings. The fourth-order valence-electron chi connectivity index (χ4n) is 2.77. The van der Waals surface area contributed by atoms with Crippen LogP contribution >= 0.6 is 0 Å². The third-order valence-corrected chi connectivity index (χ3v) is 6.40. The Labute approximate surface area is 160 Å². The highest BCUT2D eigenvalue weighted by Crippen LogP contribution is 2.38. The number of hydrogen-bond acceptors (Lipinski definition) is 5. The molecule has 2 rings (SSSR count). The molecule has 0 heterocycles. The number of nitrogens with one attached hydrogen (secondary N) is 1. The predicted molar refractivity (Wildman–Crippen MR) is 105 cm³/mol. The first kappa shape index (κ1) is 21.4. The second-order valence-electron chi connectivity index (χ2n) is 7.70. The van der Waals surface area contributed by atoms with Crippen LogP contribution in [0.15, 0.2) is 52.3 Å². The molecule has 2 aromatic carbocycles. The summed E-state index contributed by atoms with van der Waals surface area (Å²) in [5.74, 6) is -0.360. The van der Waals surface area contributed by atoms with Gasteiger partial charge >= 0.3 is 0 Å². The molecule has 1 unspecified atom stereocenters. The van der Waals surface area contributed by atoms with Gasteiger partial charge in [0.05, 0.1) is 21.5 Å². The average molecular weight is 414 g/mol. The molecule has 1 N–H and O–H groups in total. The molecule has 5 nitrogen and oxygen atoms in total. The molecule has 0 aliphatic heterocycles. The van der Waals surface area contributed by atoms with Gasteiger partial charge in [-0.2, -0.15) is 0 Å². The minimum Gasteiger partial charge on any atom is -0.377 e. The summed E-state index contributed by atoms with van der Waals surface area (Å²) in [7, 11) is -7.23. The van der Waals surface area contributed by atoms with Gasteiger partial charge in [0.1, 0.15) is 5.82 Å². The molecule has 0 radical (unpaired) electrons. The quantitative estimate of drug-likeness (QED) is 0.806. The Kier molecular flexibility index (Phi) is 5.73. The normalized spacial score (nSPS) is 14.0. The van der Waals surface area contributed by atoms with Gasteiger partial charge in [-0.15, -0.1) is 0 Å². The Morgan fingerprint density at radius 2 is 1.44 bits per heavy atom. The Bertz CT molecular complexity index is 1040. The summed E-state index contributed by atoms with van der Waals surface area (Å²) in [5.41, 5.74) is 0.756. The molecule has 0 aromatic heterocycles. The lowest BCUT2D eigenvalue weighted by molar-refractivity contribution is 0.347. The van der Waals surface area contributed by atoms with E-state index in [0.717, 1.165) is 24.1 Å². The first-order valence-corrected chi connectivity index (χ1v) is 12.0. The molecular formula is C19H24FNO4S2. The zero-order valence-electron chi connectivity index (χ0n) is 15.9. The van der Waals surface area contributed by atoms with Gasteiger partial charge in [-0.1, -0.05) is 32.9 Å². The lowest BCUT2D eigenvalue weighted by Gasteiger charge is -2.33. The van der Waals surface area contributed by atoms with Crippen molar-refractivity contribution in [1.82, 2.24) is 0 Å². The lowest BCUT2D eigenvalue weighted by Crippen LogP contribution is -2.26. The molecule has 0 spiro atoms. The summed E-state index contributed by atoms with van der Waals surface area (Å²) in [6.45, 7) is 5.91. The minimum absolute atomic E-state index is 0.0671. The van der Waals surface area contributed by atoms with Crippen LogP contribution < -0.4 is 5.32 Å². The summed E-state index contributed by atoms with van der Waals surface area (Å²) in [4.78, 5) is -0.163. The van der Waals surface area contributed by atoms with Crippen LogP contribution in [0.3, 0.4) is 0 Å². The van der Waals surface area contributed by atoms with E-state index in [0.29, 0.717) is 5.69 Å². The average Bonchev–Trinajstić information content (AvgIpc) is 2.50. The highest BCUT2D eigenvalue weighted by molar-refractivity contribution is 7.91. The SMILES string of the molecule is CC(C)(C)C(Nc1ccc(S(C)(=O)=O)cc1S(C)(=O)=O)c1ccc(F)cc1. The monoisotopic (exact) mass is 413 g/mol. The van der Waals surface area contributed by atoms with Crippen molar-refractivity contribution >= 4 is 25.4 Å². The topological polar surface area (TPSA) is 80.3 Å². The summed E-state index contributed by atoms with van der Waals surface area (Å²) in [5, 5.41) is 3.21. The number of sulfone groups is 2. The van der Waals surface area contributed by atoms with Crippen LogP contribution in [0, 0.1) is 11.2 Å². The third kappa shape index (κ3) is 5.29. The number of hydrogen-bond donors (Lipinski definition) is 1. The third-order valence-electron chi connectivity index (χ3n) is 4.15. The van der Waals surface area contributed by atoms with E-state index in [1.807, 2.05) is 20.8 Å². The van der Waals surface area contributed by atoms with Crippen LogP contribution in [0.1, 0.15) is 32.4 Å². The number of halogens is 1. The molecule has 0 aliphatic carbocycles. The number of rotatable bonds is 5. The van der Waals surface area contributed by atoms with Crippen LogP contribution in [-0.4, -0.2) is 29.3 Å². The second kappa shape index (κ2) is 7.24. The smallest absolute Gasteiger partial charge is 0.177 e. The lowest BCUT2D eigenvalue weighted by atomic mass is 9.82. The largest absolute Gasteiger partial charge is 0.377 e. The van der Waals surface area contributed by atoms with Gasteiger partial charge in [-0.3, -0.25) is 0 Å². The molecule has 0 saturated heterocycles. The fraction of sp³-hybridized carbons (Fsp3) is 0.368. The fourth-order valence-corrected chi connectivity index (χ4v) is 4.36. The van der Waals surface area contributed by atoms with Gasteiger partial charge in [0.15, 0.2) is 19.7 Å². The highest BCUT2D eigenvalue weighted by Gasteiger charge is 2.28. The zero-order chi connectivity index (χ0) is 20.6. The zero-order valence-corrected chi connectivity index (χ0v) is 17.6. The summed E-state index contributed by atoms with van der Waals surface area (Å²) >= 11 is 0. The molecule has 0 aliphatic rings. The van der Waals surface area contributed by atoms with Crippen molar-refractivity contribution < 1.29 is 21.2 Å². The Hall–Kier alpha value is -1.93. The molecule has 1 atom stereocenters. The van der Waals surface area contributed by atoms with Gasteiger partial charge in [-0.05, 0) is 41.3 Å². The number of anilines is 1. The molecule has 0 amide bonds. The van der Waals surface area contributed by atoms with Crippen molar-refractivity contribution in [2.75, 3.05) is 17.8 Å². The van der Waals surface area contributed by atoms with Crippen LogP contribution in [0.5, 0.6) is 0 Å². The van der Waals surface area contributed by atoms with Crippen LogP contribution in [0.25, 0.3) is 0 Å². The Morgan fingerprint density at radius 3 is 1.89 bits per heavy atom. The van der Waals surface area contributed by atoms with Gasteiger partial charge in [-0.25, -0.2) is 21.2 Å². The van der Waals surface area contributed by atoms with Crippen LogP contribution in [0.2, 0.25) is 0 Å². The molecular weight excluding hydrogens is 389 g/mol. The summed E-state index contributed by atoms with van der Waals surface area (Å²) in [6, 6.07) is 9.64. The van der Waals surface area contributed by atoms with Crippen LogP contribution in [0.4, 0.5) is 10.1 Å². The molecule has 2 aromatic rings. The highest BCUT2D eigenvalue weighted by atomic mass is 32.2. The summed E-state index contributed by atoms with van der Waals surface area (Å²) in [6.07, 6.45) is 2.06. The van der Waals surface area contributed by atoms with E-state index in [1.54, 1.807) is 12.1 Å². The summed E-state index contributed by atoms with van der Waals surface area (Å²) < 4.78 is 61.4. The molecule has 148 valence electrons. The van der Waals surface area contributed by atoms with E-state index < -0.39 is 19.7 Å². The van der Waals surface area contributed by atoms with Crippen molar-refractivity contribution in [2.45, 2.75) is 36.6 Å². The molecule has 27 heavy (non-hydrogen) atoms. The van der Waals surface area contributed by atoms with E-state index in [4.69, 9.17) is 0 Å². The minimum atomic E-state index is -3.68. The van der Waals surface area contributed by atoms with Crippen LogP contribution in [-0.2, 0) is 19.7 Å². The van der Waals surface area contributed by atoms with Crippen molar-refractivity contribution in [3.05, 3.63) is 53.8 Å². The molecule has 0 bridgehead atoms. The van der Waals surface area contributed by atoms with Crippen molar-refractivity contribution in [3.8, 4) is 0 Å². The first-order chi connectivity index (χ1) is 12.2. The van der Waals surface area contributed by atoms with Gasteiger partial charge in [0, 0.05) is 12.5 Å². The van der Waals surface area contributed by atoms with Crippen molar-refractivity contribution in [2.24, 2.45) is 5.41 Å². The van der Waals surface area contributed by atoms with E-state index in [-0.39, 0.29) is 27.1 Å². The van der Waals surface area contributed by atoms with E-state index in [1.165, 1.54) is 24.3 Å². The second-order valence-corrected chi connectivity index (χ2v) is 11.7. The van der Waals surface area contributed by atoms with Crippen molar-refractivity contribution in [3.63, 3.8) is 0 Å². The molecule has 0 saturated carbocycles. The molecule has 8 heteroatoms. The maximum atomic E-state index is 13.3. The van der Waals surface area contributed by atoms with E-state index in [2.05, 4.69) is 5.32 Å². The maximum absolute atomic E-state index is 13.3. The Morgan fingerprint density at radius 1 is 0.889 bits per heavy atom. The maximum Gasteiger partial charge on any atom is 0.177 e. The van der Waals surface area contributed by atoms with Gasteiger partial charge in [0.25, 0.3) is 0 Å². The van der Waals surface area contributed by atoms with E-state index in [9.17, 15) is 21.2 Å². The standard InChI is InChI=1S/C19H24FNO4S2/c1-19(2,3)18(13-6-8-14(20)9-7-13)21-16-11-10-15(26(4,22)23)12-17(16)27(5,24)25/h6-12,18,21H,1-5H3. The van der Waals surface area contributed by atoms with Gasteiger partial charge < -0.3 is 5.32 Å².